The lowest BCUT2D eigenvalue weighted by molar-refractivity contribution is 0.335. The standard InChI is InChI=1S/C21H26O/c1-13(2)18-8-6-17(7-9-18)11-19-14(3)10-15(4)20-16(5)12-22-21(19)20/h6-10,13,16H,11-12H2,1-5H3. The molecule has 1 atom stereocenters. The molecule has 2 aromatic carbocycles. The van der Waals surface area contributed by atoms with Gasteiger partial charge in [0.05, 0.1) is 6.61 Å². The summed E-state index contributed by atoms with van der Waals surface area (Å²) in [6.45, 7) is 12.0. The number of ether oxygens (including phenoxy) is 1. The molecular formula is C21H26O. The van der Waals surface area contributed by atoms with Gasteiger partial charge in [-0.3, -0.25) is 0 Å². The average Bonchev–Trinajstić information content (AvgIpc) is 2.86. The molecule has 0 saturated carbocycles. The van der Waals surface area contributed by atoms with Crippen LogP contribution in [0.1, 0.15) is 66.0 Å². The molecule has 1 heterocycles. The molecule has 0 bridgehead atoms. The number of rotatable bonds is 3. The van der Waals surface area contributed by atoms with Gasteiger partial charge in [0.25, 0.3) is 0 Å². The molecule has 1 aliphatic rings. The Morgan fingerprint density at radius 2 is 1.77 bits per heavy atom. The Morgan fingerprint density at radius 3 is 2.41 bits per heavy atom. The first-order valence-corrected chi connectivity index (χ1v) is 8.32. The van der Waals surface area contributed by atoms with E-state index < -0.39 is 0 Å². The van der Waals surface area contributed by atoms with Gasteiger partial charge in [0.15, 0.2) is 0 Å². The molecule has 0 saturated heterocycles. The van der Waals surface area contributed by atoms with Crippen molar-refractivity contribution < 1.29 is 4.74 Å². The highest BCUT2D eigenvalue weighted by Gasteiger charge is 2.26. The molecule has 116 valence electrons. The molecule has 2 aromatic rings. The monoisotopic (exact) mass is 294 g/mol. The second-order valence-corrected chi connectivity index (χ2v) is 7.02. The number of aryl methyl sites for hydroxylation is 2. The molecule has 1 unspecified atom stereocenters. The molecule has 0 spiro atoms. The van der Waals surface area contributed by atoms with Crippen LogP contribution in [0.25, 0.3) is 0 Å². The van der Waals surface area contributed by atoms with Gasteiger partial charge in [-0.05, 0) is 42.0 Å². The summed E-state index contributed by atoms with van der Waals surface area (Å²) in [6.07, 6.45) is 0.958. The van der Waals surface area contributed by atoms with E-state index in [2.05, 4.69) is 65.0 Å². The van der Waals surface area contributed by atoms with Crippen LogP contribution < -0.4 is 4.74 Å². The van der Waals surface area contributed by atoms with E-state index in [1.165, 1.54) is 33.4 Å². The van der Waals surface area contributed by atoms with E-state index in [-0.39, 0.29) is 0 Å². The highest BCUT2D eigenvalue weighted by molar-refractivity contribution is 5.55. The van der Waals surface area contributed by atoms with Crippen LogP contribution in [0, 0.1) is 13.8 Å². The van der Waals surface area contributed by atoms with Gasteiger partial charge in [-0.1, -0.05) is 51.1 Å². The Kier molecular flexibility index (Phi) is 3.99. The third-order valence-corrected chi connectivity index (χ3v) is 4.85. The molecule has 0 amide bonds. The maximum atomic E-state index is 6.04. The first-order chi connectivity index (χ1) is 10.5. The van der Waals surface area contributed by atoms with Crippen molar-refractivity contribution in [2.75, 3.05) is 6.61 Å². The van der Waals surface area contributed by atoms with E-state index in [0.717, 1.165) is 18.8 Å². The van der Waals surface area contributed by atoms with E-state index in [9.17, 15) is 0 Å². The second kappa shape index (κ2) is 5.79. The summed E-state index contributed by atoms with van der Waals surface area (Å²) in [5.41, 5.74) is 8.26. The molecule has 0 radical (unpaired) electrons. The third-order valence-electron chi connectivity index (χ3n) is 4.85. The molecule has 0 N–H and O–H groups in total. The summed E-state index contributed by atoms with van der Waals surface area (Å²) in [5, 5.41) is 0. The van der Waals surface area contributed by atoms with Gasteiger partial charge in [0.2, 0.25) is 0 Å². The summed E-state index contributed by atoms with van der Waals surface area (Å²) in [4.78, 5) is 0. The molecule has 0 fully saturated rings. The van der Waals surface area contributed by atoms with Crippen molar-refractivity contribution in [1.82, 2.24) is 0 Å². The molecular weight excluding hydrogens is 268 g/mol. The summed E-state index contributed by atoms with van der Waals surface area (Å²) in [5.74, 6) is 2.25. The first kappa shape index (κ1) is 15.1. The smallest absolute Gasteiger partial charge is 0.126 e. The maximum absolute atomic E-state index is 6.04. The molecule has 1 aliphatic heterocycles. The largest absolute Gasteiger partial charge is 0.492 e. The van der Waals surface area contributed by atoms with E-state index in [0.29, 0.717) is 11.8 Å². The Bertz CT molecular complexity index is 680. The number of fused-ring (bicyclic) bond motifs is 1. The molecule has 1 heteroatoms. The lowest BCUT2D eigenvalue weighted by atomic mass is 9.90. The summed E-state index contributed by atoms with van der Waals surface area (Å²) in [6, 6.07) is 11.4. The van der Waals surface area contributed by atoms with Crippen molar-refractivity contribution in [1.29, 1.82) is 0 Å². The van der Waals surface area contributed by atoms with Crippen molar-refractivity contribution in [3.05, 3.63) is 63.7 Å². The molecule has 0 aliphatic carbocycles. The fourth-order valence-corrected chi connectivity index (χ4v) is 3.52. The Labute approximate surface area is 134 Å². The minimum absolute atomic E-state index is 0.512. The number of hydrogen-bond donors (Lipinski definition) is 0. The van der Waals surface area contributed by atoms with Crippen LogP contribution in [0.15, 0.2) is 30.3 Å². The van der Waals surface area contributed by atoms with Crippen LogP contribution in [0.5, 0.6) is 5.75 Å². The van der Waals surface area contributed by atoms with Crippen LogP contribution in [0.2, 0.25) is 0 Å². The number of benzene rings is 2. The first-order valence-electron chi connectivity index (χ1n) is 8.32. The lowest BCUT2D eigenvalue weighted by Gasteiger charge is -2.15. The maximum Gasteiger partial charge on any atom is 0.126 e. The van der Waals surface area contributed by atoms with E-state index in [4.69, 9.17) is 4.74 Å². The fourth-order valence-electron chi connectivity index (χ4n) is 3.52. The van der Waals surface area contributed by atoms with Crippen molar-refractivity contribution in [2.24, 2.45) is 0 Å². The minimum Gasteiger partial charge on any atom is -0.492 e. The van der Waals surface area contributed by atoms with Crippen LogP contribution in [-0.2, 0) is 6.42 Å². The second-order valence-electron chi connectivity index (χ2n) is 7.02. The molecule has 22 heavy (non-hydrogen) atoms. The summed E-state index contributed by atoms with van der Waals surface area (Å²) in [7, 11) is 0. The summed E-state index contributed by atoms with van der Waals surface area (Å²) >= 11 is 0. The van der Waals surface area contributed by atoms with E-state index in [1.807, 2.05) is 0 Å². The van der Waals surface area contributed by atoms with Gasteiger partial charge in [-0.15, -0.1) is 0 Å². The van der Waals surface area contributed by atoms with E-state index >= 15 is 0 Å². The third kappa shape index (κ3) is 2.65. The molecule has 0 aromatic heterocycles. The zero-order valence-electron chi connectivity index (χ0n) is 14.4. The Hall–Kier alpha value is -1.76. The van der Waals surface area contributed by atoms with Crippen molar-refractivity contribution in [3.63, 3.8) is 0 Å². The molecule has 1 nitrogen and oxygen atoms in total. The Balaban J connectivity index is 1.96. The van der Waals surface area contributed by atoms with Gasteiger partial charge in [0.1, 0.15) is 5.75 Å². The number of hydrogen-bond acceptors (Lipinski definition) is 1. The zero-order valence-corrected chi connectivity index (χ0v) is 14.4. The highest BCUT2D eigenvalue weighted by atomic mass is 16.5. The predicted molar refractivity (Wildman–Crippen MR) is 93.2 cm³/mol. The van der Waals surface area contributed by atoms with Gasteiger partial charge in [-0.2, -0.15) is 0 Å². The van der Waals surface area contributed by atoms with Gasteiger partial charge in [0, 0.05) is 23.5 Å². The van der Waals surface area contributed by atoms with Gasteiger partial charge in [-0.25, -0.2) is 0 Å². The zero-order chi connectivity index (χ0) is 15.9. The van der Waals surface area contributed by atoms with Gasteiger partial charge >= 0.3 is 0 Å². The SMILES string of the molecule is Cc1cc(C)c2c(c1Cc1ccc(C(C)C)cc1)OCC2C. The minimum atomic E-state index is 0.512. The average molecular weight is 294 g/mol. The molecule has 3 rings (SSSR count). The normalized spacial score (nSPS) is 16.7. The fraction of sp³-hybridized carbons (Fsp3) is 0.429. The van der Waals surface area contributed by atoms with Crippen LogP contribution in [0.4, 0.5) is 0 Å². The Morgan fingerprint density at radius 1 is 1.09 bits per heavy atom. The van der Waals surface area contributed by atoms with Crippen molar-refractivity contribution in [3.8, 4) is 5.75 Å². The van der Waals surface area contributed by atoms with Crippen molar-refractivity contribution >= 4 is 0 Å². The van der Waals surface area contributed by atoms with Crippen LogP contribution >= 0.6 is 0 Å². The van der Waals surface area contributed by atoms with Crippen LogP contribution in [-0.4, -0.2) is 6.61 Å². The van der Waals surface area contributed by atoms with Crippen LogP contribution in [0.3, 0.4) is 0 Å². The topological polar surface area (TPSA) is 9.23 Å². The lowest BCUT2D eigenvalue weighted by Crippen LogP contribution is -1.99. The predicted octanol–water partition coefficient (Wildman–Crippen LogP) is 5.51. The van der Waals surface area contributed by atoms with E-state index in [1.54, 1.807) is 0 Å². The van der Waals surface area contributed by atoms with Crippen molar-refractivity contribution in [2.45, 2.75) is 52.9 Å². The quantitative estimate of drug-likeness (QED) is 0.725. The highest BCUT2D eigenvalue weighted by Crippen LogP contribution is 2.41. The van der Waals surface area contributed by atoms with Gasteiger partial charge < -0.3 is 4.74 Å². The summed E-state index contributed by atoms with van der Waals surface area (Å²) < 4.78 is 6.04.